The van der Waals surface area contributed by atoms with Gasteiger partial charge in [0.1, 0.15) is 5.75 Å². The van der Waals surface area contributed by atoms with Crippen LogP contribution >= 0.6 is 11.8 Å². The van der Waals surface area contributed by atoms with Crippen molar-refractivity contribution in [3.05, 3.63) is 29.8 Å². The second-order valence-corrected chi connectivity index (χ2v) is 6.22. The highest BCUT2D eigenvalue weighted by atomic mass is 32.2. The van der Waals surface area contributed by atoms with Crippen LogP contribution in [0.5, 0.6) is 5.75 Å². The average molecular weight is 280 g/mol. The Labute approximate surface area is 120 Å². The van der Waals surface area contributed by atoms with Gasteiger partial charge in [0, 0.05) is 30.1 Å². The fourth-order valence-corrected chi connectivity index (χ4v) is 3.60. The van der Waals surface area contributed by atoms with E-state index in [-0.39, 0.29) is 6.04 Å². The van der Waals surface area contributed by atoms with Gasteiger partial charge in [-0.15, -0.1) is 0 Å². The molecule has 0 radical (unpaired) electrons. The van der Waals surface area contributed by atoms with E-state index in [1.165, 1.54) is 11.3 Å². The van der Waals surface area contributed by atoms with Crippen molar-refractivity contribution in [1.82, 2.24) is 4.90 Å². The highest BCUT2D eigenvalue weighted by Gasteiger charge is 2.26. The first-order valence-electron chi connectivity index (χ1n) is 6.98. The van der Waals surface area contributed by atoms with Crippen LogP contribution in [0.3, 0.4) is 0 Å². The first-order valence-corrected chi connectivity index (χ1v) is 8.14. The lowest BCUT2D eigenvalue weighted by atomic mass is 10.00. The number of rotatable bonds is 5. The van der Waals surface area contributed by atoms with Crippen LogP contribution in [0.4, 0.5) is 0 Å². The van der Waals surface area contributed by atoms with E-state index in [9.17, 15) is 0 Å². The third kappa shape index (κ3) is 3.88. The third-order valence-corrected chi connectivity index (χ3v) is 4.64. The van der Waals surface area contributed by atoms with Gasteiger partial charge in [0.25, 0.3) is 0 Å². The molecule has 0 bridgehead atoms. The lowest BCUT2D eigenvalue weighted by Crippen LogP contribution is -2.46. The quantitative estimate of drug-likeness (QED) is 0.899. The molecule has 1 saturated heterocycles. The minimum absolute atomic E-state index is 0.0815. The Bertz CT molecular complexity index is 382. The average Bonchev–Trinajstić information content (AvgIpc) is 2.45. The van der Waals surface area contributed by atoms with E-state index in [0.29, 0.717) is 6.04 Å². The van der Waals surface area contributed by atoms with Crippen molar-refractivity contribution in [2.24, 2.45) is 5.73 Å². The molecular formula is C15H24N2OS. The predicted molar refractivity (Wildman–Crippen MR) is 82.9 cm³/mol. The Balaban J connectivity index is 2.00. The summed E-state index contributed by atoms with van der Waals surface area (Å²) in [5.41, 5.74) is 7.61. The van der Waals surface area contributed by atoms with Crippen molar-refractivity contribution in [2.75, 3.05) is 31.7 Å². The molecule has 1 fully saturated rings. The smallest absolute Gasteiger partial charge is 0.119 e. The van der Waals surface area contributed by atoms with Crippen LogP contribution in [0.25, 0.3) is 0 Å². The number of nitrogens with zero attached hydrogens (tertiary/aromatic N) is 1. The van der Waals surface area contributed by atoms with E-state index in [0.717, 1.165) is 31.1 Å². The Morgan fingerprint density at radius 3 is 2.79 bits per heavy atom. The van der Waals surface area contributed by atoms with Gasteiger partial charge >= 0.3 is 0 Å². The molecule has 0 spiro atoms. The highest BCUT2D eigenvalue weighted by Crippen LogP contribution is 2.26. The minimum Gasteiger partial charge on any atom is -0.494 e. The maximum atomic E-state index is 6.41. The summed E-state index contributed by atoms with van der Waals surface area (Å²) >= 11 is 2.00. The molecule has 0 amide bonds. The topological polar surface area (TPSA) is 38.5 Å². The van der Waals surface area contributed by atoms with E-state index >= 15 is 0 Å². The lowest BCUT2D eigenvalue weighted by Gasteiger charge is -2.36. The molecule has 3 nitrogen and oxygen atoms in total. The Morgan fingerprint density at radius 2 is 2.16 bits per heavy atom. The summed E-state index contributed by atoms with van der Waals surface area (Å²) in [6.45, 7) is 4.01. The number of thioether (sulfide) groups is 1. The minimum atomic E-state index is 0.0815. The molecule has 2 rings (SSSR count). The molecule has 0 saturated carbocycles. The van der Waals surface area contributed by atoms with E-state index in [4.69, 9.17) is 10.5 Å². The lowest BCUT2D eigenvalue weighted by molar-refractivity contribution is 0.237. The van der Waals surface area contributed by atoms with Gasteiger partial charge in [0.05, 0.1) is 6.61 Å². The summed E-state index contributed by atoms with van der Waals surface area (Å²) in [6, 6.07) is 8.77. The monoisotopic (exact) mass is 280 g/mol. The highest BCUT2D eigenvalue weighted by molar-refractivity contribution is 7.99. The van der Waals surface area contributed by atoms with Crippen molar-refractivity contribution >= 4 is 11.8 Å². The molecular weight excluding hydrogens is 256 g/mol. The molecule has 0 aromatic heterocycles. The number of ether oxygens (including phenoxy) is 1. The van der Waals surface area contributed by atoms with Gasteiger partial charge in [-0.3, -0.25) is 4.90 Å². The molecule has 1 aliphatic heterocycles. The molecule has 19 heavy (non-hydrogen) atoms. The van der Waals surface area contributed by atoms with Crippen molar-refractivity contribution in [1.29, 1.82) is 0 Å². The fourth-order valence-electron chi connectivity index (χ4n) is 2.31. The maximum absolute atomic E-state index is 6.41. The van der Waals surface area contributed by atoms with Crippen LogP contribution in [0.1, 0.15) is 24.9 Å². The molecule has 2 N–H and O–H groups in total. The molecule has 4 heteroatoms. The van der Waals surface area contributed by atoms with Crippen molar-refractivity contribution in [3.8, 4) is 5.75 Å². The predicted octanol–water partition coefficient (Wildman–Crippen LogP) is 2.52. The SMILES string of the molecule is CCCOc1ccc(C(N)C2CSCCN2C)cc1. The van der Waals surface area contributed by atoms with Gasteiger partial charge in [-0.1, -0.05) is 19.1 Å². The molecule has 1 aliphatic rings. The maximum Gasteiger partial charge on any atom is 0.119 e. The van der Waals surface area contributed by atoms with E-state index in [2.05, 4.69) is 31.0 Å². The zero-order valence-corrected chi connectivity index (χ0v) is 12.7. The van der Waals surface area contributed by atoms with Gasteiger partial charge in [0.15, 0.2) is 0 Å². The second kappa shape index (κ2) is 7.17. The van der Waals surface area contributed by atoms with Crippen LogP contribution in [0.15, 0.2) is 24.3 Å². The first kappa shape index (κ1) is 14.7. The van der Waals surface area contributed by atoms with Crippen LogP contribution in [0, 0.1) is 0 Å². The van der Waals surface area contributed by atoms with Gasteiger partial charge in [-0.2, -0.15) is 11.8 Å². The summed E-state index contributed by atoms with van der Waals surface area (Å²) in [5.74, 6) is 3.26. The first-order chi connectivity index (χ1) is 9.22. The zero-order chi connectivity index (χ0) is 13.7. The fraction of sp³-hybridized carbons (Fsp3) is 0.600. The number of hydrogen-bond donors (Lipinski definition) is 1. The molecule has 1 aromatic rings. The van der Waals surface area contributed by atoms with Crippen molar-refractivity contribution in [3.63, 3.8) is 0 Å². The standard InChI is InChI=1S/C15H24N2OS/c1-3-9-18-13-6-4-12(5-7-13)15(16)14-11-19-10-8-17(14)2/h4-7,14-15H,3,8-11,16H2,1-2H3. The Kier molecular flexibility index (Phi) is 5.55. The molecule has 2 unspecified atom stereocenters. The van der Waals surface area contributed by atoms with E-state index in [1.54, 1.807) is 0 Å². The van der Waals surface area contributed by atoms with Gasteiger partial charge in [-0.25, -0.2) is 0 Å². The summed E-state index contributed by atoms with van der Waals surface area (Å²) in [5, 5.41) is 0. The van der Waals surface area contributed by atoms with Gasteiger partial charge in [-0.05, 0) is 31.2 Å². The summed E-state index contributed by atoms with van der Waals surface area (Å²) in [7, 11) is 2.17. The van der Waals surface area contributed by atoms with Gasteiger partial charge in [0.2, 0.25) is 0 Å². The number of nitrogens with two attached hydrogens (primary N) is 1. The van der Waals surface area contributed by atoms with Crippen molar-refractivity contribution in [2.45, 2.75) is 25.4 Å². The summed E-state index contributed by atoms with van der Waals surface area (Å²) in [4.78, 5) is 2.38. The van der Waals surface area contributed by atoms with E-state index < -0.39 is 0 Å². The van der Waals surface area contributed by atoms with Crippen LogP contribution < -0.4 is 10.5 Å². The molecule has 106 valence electrons. The normalized spacial score (nSPS) is 22.2. The number of hydrogen-bond acceptors (Lipinski definition) is 4. The number of likely N-dealkylation sites (N-methyl/N-ethyl adjacent to an activating group) is 1. The summed E-state index contributed by atoms with van der Waals surface area (Å²) in [6.07, 6.45) is 1.03. The Morgan fingerprint density at radius 1 is 1.42 bits per heavy atom. The van der Waals surface area contributed by atoms with Crippen molar-refractivity contribution < 1.29 is 4.74 Å². The van der Waals surface area contributed by atoms with Crippen LogP contribution in [-0.2, 0) is 0 Å². The second-order valence-electron chi connectivity index (χ2n) is 5.07. The molecule has 1 heterocycles. The van der Waals surface area contributed by atoms with E-state index in [1.807, 2.05) is 23.9 Å². The third-order valence-electron chi connectivity index (χ3n) is 3.60. The van der Waals surface area contributed by atoms with Crippen LogP contribution in [-0.4, -0.2) is 42.6 Å². The molecule has 2 atom stereocenters. The Hall–Kier alpha value is -0.710. The van der Waals surface area contributed by atoms with Crippen LogP contribution in [0.2, 0.25) is 0 Å². The largest absolute Gasteiger partial charge is 0.494 e. The zero-order valence-electron chi connectivity index (χ0n) is 11.8. The number of benzene rings is 1. The molecule has 0 aliphatic carbocycles. The molecule has 1 aromatic carbocycles. The summed E-state index contributed by atoms with van der Waals surface area (Å²) < 4.78 is 5.60. The van der Waals surface area contributed by atoms with Gasteiger partial charge < -0.3 is 10.5 Å².